The van der Waals surface area contributed by atoms with Crippen LogP contribution in [0.5, 0.6) is 0 Å². The van der Waals surface area contributed by atoms with E-state index in [4.69, 9.17) is 4.42 Å². The smallest absolute Gasteiger partial charge is 0.208 e. The van der Waals surface area contributed by atoms with E-state index < -0.39 is 0 Å². The predicted molar refractivity (Wildman–Crippen MR) is 88.9 cm³/mol. The molecule has 1 aromatic carbocycles. The van der Waals surface area contributed by atoms with Gasteiger partial charge >= 0.3 is 0 Å². The van der Waals surface area contributed by atoms with Gasteiger partial charge in [-0.1, -0.05) is 30.0 Å². The number of para-hydroxylation sites is 1. The van der Waals surface area contributed by atoms with Gasteiger partial charge in [-0.3, -0.25) is 4.79 Å². The zero-order valence-corrected chi connectivity index (χ0v) is 13.7. The number of fused-ring (bicyclic) bond motifs is 1. The van der Waals surface area contributed by atoms with E-state index in [1.54, 1.807) is 6.07 Å². The first kappa shape index (κ1) is 14.5. The van der Waals surface area contributed by atoms with E-state index in [1.807, 2.05) is 24.3 Å². The number of aromatic nitrogens is 3. The number of nitrogens with zero attached hydrogens (tertiary/aromatic N) is 3. The van der Waals surface area contributed by atoms with Crippen LogP contribution in [0.25, 0.3) is 11.0 Å². The van der Waals surface area contributed by atoms with Crippen molar-refractivity contribution in [3.8, 4) is 0 Å². The third-order valence-corrected chi connectivity index (χ3v) is 5.00. The standard InChI is InChI=1S/C17H17N3O2S/c1-2-20-16(11-7-8-11)18-19-17(20)23-10-13(21)15-9-12-5-3-4-6-14(12)22-15/h3-6,9,11H,2,7-8,10H2,1H3. The second kappa shape index (κ2) is 5.85. The van der Waals surface area contributed by atoms with Crippen molar-refractivity contribution in [2.45, 2.75) is 37.4 Å². The molecule has 1 aliphatic rings. The molecule has 2 aromatic heterocycles. The summed E-state index contributed by atoms with van der Waals surface area (Å²) in [6, 6.07) is 9.45. The van der Waals surface area contributed by atoms with Crippen LogP contribution < -0.4 is 0 Å². The molecule has 118 valence electrons. The van der Waals surface area contributed by atoms with Gasteiger partial charge in [0.2, 0.25) is 5.78 Å². The molecule has 5 nitrogen and oxygen atoms in total. The Morgan fingerprint density at radius 3 is 2.91 bits per heavy atom. The minimum Gasteiger partial charge on any atom is -0.453 e. The maximum Gasteiger partial charge on any atom is 0.208 e. The Morgan fingerprint density at radius 2 is 2.17 bits per heavy atom. The number of hydrogen-bond acceptors (Lipinski definition) is 5. The molecule has 0 amide bonds. The molecule has 0 atom stereocenters. The number of furan rings is 1. The third-order valence-electron chi connectivity index (χ3n) is 4.04. The SMILES string of the molecule is CCn1c(SCC(=O)c2cc3ccccc3o2)nnc1C1CC1. The van der Waals surface area contributed by atoms with Crippen molar-refractivity contribution in [2.24, 2.45) is 0 Å². The van der Waals surface area contributed by atoms with Crippen LogP contribution in [-0.2, 0) is 6.54 Å². The first-order chi connectivity index (χ1) is 11.3. The van der Waals surface area contributed by atoms with Crippen molar-refractivity contribution in [1.29, 1.82) is 0 Å². The summed E-state index contributed by atoms with van der Waals surface area (Å²) in [5.41, 5.74) is 0.744. The molecule has 0 spiro atoms. The van der Waals surface area contributed by atoms with Crippen molar-refractivity contribution in [3.63, 3.8) is 0 Å². The number of benzene rings is 1. The number of Topliss-reactive ketones (excluding diaryl/α,β-unsaturated/α-hetero) is 1. The molecule has 3 aromatic rings. The van der Waals surface area contributed by atoms with Gasteiger partial charge in [0.1, 0.15) is 11.4 Å². The number of carbonyl (C=O) groups excluding carboxylic acids is 1. The Labute approximate surface area is 138 Å². The van der Waals surface area contributed by atoms with Crippen molar-refractivity contribution in [3.05, 3.63) is 41.9 Å². The lowest BCUT2D eigenvalue weighted by Gasteiger charge is -2.05. The Bertz CT molecular complexity index is 831. The summed E-state index contributed by atoms with van der Waals surface area (Å²) < 4.78 is 7.74. The summed E-state index contributed by atoms with van der Waals surface area (Å²) >= 11 is 1.43. The van der Waals surface area contributed by atoms with Gasteiger partial charge in [-0.2, -0.15) is 0 Å². The lowest BCUT2D eigenvalue weighted by Crippen LogP contribution is -2.05. The van der Waals surface area contributed by atoms with Gasteiger partial charge < -0.3 is 8.98 Å². The lowest BCUT2D eigenvalue weighted by molar-refractivity contribution is 0.0994. The van der Waals surface area contributed by atoms with Crippen LogP contribution in [0.4, 0.5) is 0 Å². The quantitative estimate of drug-likeness (QED) is 0.507. The van der Waals surface area contributed by atoms with Crippen molar-refractivity contribution in [1.82, 2.24) is 14.8 Å². The van der Waals surface area contributed by atoms with Crippen LogP contribution >= 0.6 is 11.8 Å². The van der Waals surface area contributed by atoms with Crippen molar-refractivity contribution >= 4 is 28.5 Å². The molecule has 1 aliphatic carbocycles. The molecule has 2 heterocycles. The number of thioether (sulfide) groups is 1. The van der Waals surface area contributed by atoms with Gasteiger partial charge in [-0.15, -0.1) is 10.2 Å². The normalized spacial score (nSPS) is 14.5. The molecule has 0 unspecified atom stereocenters. The van der Waals surface area contributed by atoms with E-state index in [1.165, 1.54) is 24.6 Å². The van der Waals surface area contributed by atoms with Crippen LogP contribution in [0.15, 0.2) is 39.9 Å². The average Bonchev–Trinajstić information content (AvgIpc) is 3.19. The van der Waals surface area contributed by atoms with Gasteiger partial charge in [0.15, 0.2) is 10.9 Å². The van der Waals surface area contributed by atoms with E-state index >= 15 is 0 Å². The summed E-state index contributed by atoms with van der Waals surface area (Å²) in [4.78, 5) is 12.4. The Hall–Kier alpha value is -2.08. The van der Waals surface area contributed by atoms with Crippen LogP contribution in [0.1, 0.15) is 42.1 Å². The van der Waals surface area contributed by atoms with Gasteiger partial charge in [-0.25, -0.2) is 0 Å². The van der Waals surface area contributed by atoms with Crippen LogP contribution in [-0.4, -0.2) is 26.3 Å². The highest BCUT2D eigenvalue weighted by molar-refractivity contribution is 7.99. The number of carbonyl (C=O) groups is 1. The summed E-state index contributed by atoms with van der Waals surface area (Å²) in [5, 5.41) is 10.3. The van der Waals surface area contributed by atoms with E-state index in [0.717, 1.165) is 28.5 Å². The molecule has 0 bridgehead atoms. The zero-order valence-electron chi connectivity index (χ0n) is 12.9. The molecular weight excluding hydrogens is 310 g/mol. The van der Waals surface area contributed by atoms with E-state index in [2.05, 4.69) is 21.7 Å². The molecule has 4 rings (SSSR count). The molecule has 1 saturated carbocycles. The lowest BCUT2D eigenvalue weighted by atomic mass is 10.2. The summed E-state index contributed by atoms with van der Waals surface area (Å²) in [5.74, 6) is 2.31. The second-order valence-electron chi connectivity index (χ2n) is 5.72. The van der Waals surface area contributed by atoms with Gasteiger partial charge in [0.05, 0.1) is 5.75 Å². The third kappa shape index (κ3) is 2.79. The fraction of sp³-hybridized carbons (Fsp3) is 0.353. The molecule has 23 heavy (non-hydrogen) atoms. The van der Waals surface area contributed by atoms with Crippen molar-refractivity contribution in [2.75, 3.05) is 5.75 Å². The monoisotopic (exact) mass is 327 g/mol. The fourth-order valence-electron chi connectivity index (χ4n) is 2.67. The predicted octanol–water partition coefficient (Wildman–Crippen LogP) is 3.90. The maximum absolute atomic E-state index is 12.4. The highest BCUT2D eigenvalue weighted by atomic mass is 32.2. The average molecular weight is 327 g/mol. The van der Waals surface area contributed by atoms with Gasteiger partial charge in [-0.05, 0) is 31.9 Å². The topological polar surface area (TPSA) is 60.9 Å². The Balaban J connectivity index is 1.49. The highest BCUT2D eigenvalue weighted by Crippen LogP contribution is 2.40. The minimum atomic E-state index is -0.0233. The minimum absolute atomic E-state index is 0.0233. The first-order valence-corrected chi connectivity index (χ1v) is 8.82. The largest absolute Gasteiger partial charge is 0.453 e. The van der Waals surface area contributed by atoms with E-state index in [-0.39, 0.29) is 5.78 Å². The molecule has 1 fully saturated rings. The maximum atomic E-state index is 12.4. The van der Waals surface area contributed by atoms with E-state index in [0.29, 0.717) is 17.4 Å². The summed E-state index contributed by atoms with van der Waals surface area (Å²) in [6.45, 7) is 2.92. The van der Waals surface area contributed by atoms with Gasteiger partial charge in [0.25, 0.3) is 0 Å². The molecule has 0 saturated heterocycles. The molecule has 6 heteroatoms. The summed E-state index contributed by atoms with van der Waals surface area (Å²) in [6.07, 6.45) is 2.39. The second-order valence-corrected chi connectivity index (χ2v) is 6.66. The number of rotatable bonds is 6. The first-order valence-electron chi connectivity index (χ1n) is 7.84. The highest BCUT2D eigenvalue weighted by Gasteiger charge is 2.30. The van der Waals surface area contributed by atoms with Crippen LogP contribution in [0.2, 0.25) is 0 Å². The molecular formula is C17H17N3O2S. The Morgan fingerprint density at radius 1 is 1.35 bits per heavy atom. The molecule has 0 radical (unpaired) electrons. The number of ketones is 1. The van der Waals surface area contributed by atoms with Crippen molar-refractivity contribution < 1.29 is 9.21 Å². The van der Waals surface area contributed by atoms with Gasteiger partial charge in [0, 0.05) is 17.8 Å². The molecule has 0 aliphatic heterocycles. The zero-order chi connectivity index (χ0) is 15.8. The Kier molecular flexibility index (Phi) is 3.69. The fourth-order valence-corrected chi connectivity index (χ4v) is 3.55. The van der Waals surface area contributed by atoms with Crippen LogP contribution in [0, 0.1) is 0 Å². The summed E-state index contributed by atoms with van der Waals surface area (Å²) in [7, 11) is 0. The van der Waals surface area contributed by atoms with Crippen LogP contribution in [0.3, 0.4) is 0 Å². The van der Waals surface area contributed by atoms with E-state index in [9.17, 15) is 4.79 Å². The molecule has 0 N–H and O–H groups in total. The number of hydrogen-bond donors (Lipinski definition) is 0.